The topological polar surface area (TPSA) is 41.6 Å². The highest BCUT2D eigenvalue weighted by Gasteiger charge is 2.07. The van der Waals surface area contributed by atoms with E-state index in [0.717, 1.165) is 5.69 Å². The smallest absolute Gasteiger partial charge is 0.0815 e. The molecule has 1 aromatic heterocycles. The molecule has 0 radical (unpaired) electrons. The normalized spacial score (nSPS) is 12.5. The number of aryl methyl sites for hydroxylation is 1. The molecular weight excluding hydrogens is 174 g/mol. The van der Waals surface area contributed by atoms with Gasteiger partial charge in [-0.15, -0.1) is 0 Å². The van der Waals surface area contributed by atoms with E-state index < -0.39 is 0 Å². The van der Waals surface area contributed by atoms with Crippen molar-refractivity contribution in [2.45, 2.75) is 26.3 Å². The zero-order chi connectivity index (χ0) is 9.14. The highest BCUT2D eigenvalue weighted by atomic mass is 35.5. The minimum Gasteiger partial charge on any atom is -0.267 e. The fourth-order valence-electron chi connectivity index (χ4n) is 0.911. The van der Waals surface area contributed by atoms with Gasteiger partial charge in [-0.25, -0.2) is 0 Å². The zero-order valence-electron chi connectivity index (χ0n) is 7.08. The molecule has 0 saturated carbocycles. The van der Waals surface area contributed by atoms with Gasteiger partial charge in [-0.3, -0.25) is 4.68 Å². The Morgan fingerprint density at radius 1 is 1.83 bits per heavy atom. The molecule has 3 nitrogen and oxygen atoms in total. The molecule has 1 rings (SSSR count). The molecule has 64 valence electrons. The second kappa shape index (κ2) is 3.59. The maximum atomic E-state index is 8.45. The minimum absolute atomic E-state index is 0.0983. The first kappa shape index (κ1) is 9.08. The Balaban J connectivity index is 2.83. The van der Waals surface area contributed by atoms with Crippen molar-refractivity contribution in [3.05, 3.63) is 16.9 Å². The molecule has 0 fully saturated rings. The first-order valence-electron chi connectivity index (χ1n) is 3.73. The molecular formula is C8H10ClN3. The molecule has 12 heavy (non-hydrogen) atoms. The van der Waals surface area contributed by atoms with Gasteiger partial charge in [-0.1, -0.05) is 11.6 Å². The molecule has 0 aliphatic heterocycles. The largest absolute Gasteiger partial charge is 0.267 e. The highest BCUT2D eigenvalue weighted by Crippen LogP contribution is 2.16. The van der Waals surface area contributed by atoms with E-state index in [2.05, 4.69) is 11.2 Å². The molecule has 0 spiro atoms. The van der Waals surface area contributed by atoms with Crippen LogP contribution < -0.4 is 0 Å². The predicted octanol–water partition coefficient (Wildman–Crippen LogP) is 2.32. The summed E-state index contributed by atoms with van der Waals surface area (Å²) in [5.41, 5.74) is 0.807. The maximum Gasteiger partial charge on any atom is 0.0815 e. The van der Waals surface area contributed by atoms with Crippen molar-refractivity contribution in [1.29, 1.82) is 5.26 Å². The van der Waals surface area contributed by atoms with Crippen molar-refractivity contribution >= 4 is 11.6 Å². The number of nitriles is 1. The quantitative estimate of drug-likeness (QED) is 0.706. The lowest BCUT2D eigenvalue weighted by Gasteiger charge is -2.05. The van der Waals surface area contributed by atoms with E-state index in [1.54, 1.807) is 10.9 Å². The number of rotatable bonds is 2. The molecule has 0 amide bonds. The van der Waals surface area contributed by atoms with Crippen molar-refractivity contribution in [1.82, 2.24) is 9.78 Å². The highest BCUT2D eigenvalue weighted by molar-refractivity contribution is 6.31. The van der Waals surface area contributed by atoms with Gasteiger partial charge in [0.15, 0.2) is 0 Å². The van der Waals surface area contributed by atoms with Gasteiger partial charge in [0.25, 0.3) is 0 Å². The third-order valence-corrected chi connectivity index (χ3v) is 2.07. The summed E-state index contributed by atoms with van der Waals surface area (Å²) in [6, 6.07) is 2.19. The number of hydrogen-bond acceptors (Lipinski definition) is 2. The van der Waals surface area contributed by atoms with Gasteiger partial charge < -0.3 is 0 Å². The Hall–Kier alpha value is -1.01. The number of hydrogen-bond donors (Lipinski definition) is 0. The summed E-state index contributed by atoms with van der Waals surface area (Å²) < 4.78 is 1.72. The van der Waals surface area contributed by atoms with Crippen molar-refractivity contribution in [3.8, 4) is 6.07 Å². The van der Waals surface area contributed by atoms with Crippen molar-refractivity contribution in [3.63, 3.8) is 0 Å². The van der Waals surface area contributed by atoms with E-state index in [9.17, 15) is 0 Å². The van der Waals surface area contributed by atoms with Gasteiger partial charge in [0.05, 0.1) is 29.2 Å². The predicted molar refractivity (Wildman–Crippen MR) is 46.9 cm³/mol. The van der Waals surface area contributed by atoms with Crippen LogP contribution in [0.1, 0.15) is 25.1 Å². The van der Waals surface area contributed by atoms with E-state index >= 15 is 0 Å². The van der Waals surface area contributed by atoms with Gasteiger partial charge in [0, 0.05) is 6.20 Å². The van der Waals surface area contributed by atoms with Crippen LogP contribution in [0, 0.1) is 18.3 Å². The van der Waals surface area contributed by atoms with Crippen molar-refractivity contribution < 1.29 is 0 Å². The molecule has 4 heteroatoms. The third-order valence-electron chi connectivity index (χ3n) is 1.70. The molecule has 1 aromatic rings. The average Bonchev–Trinajstić information content (AvgIpc) is 2.33. The number of aromatic nitrogens is 2. The molecule has 0 aromatic carbocycles. The van der Waals surface area contributed by atoms with Crippen LogP contribution >= 0.6 is 11.6 Å². The van der Waals surface area contributed by atoms with Crippen LogP contribution in [-0.2, 0) is 0 Å². The summed E-state index contributed by atoms with van der Waals surface area (Å²) >= 11 is 5.81. The number of halogens is 1. The molecule has 1 atom stereocenters. The summed E-state index contributed by atoms with van der Waals surface area (Å²) in [4.78, 5) is 0. The van der Waals surface area contributed by atoms with E-state index in [0.29, 0.717) is 11.4 Å². The van der Waals surface area contributed by atoms with Gasteiger partial charge >= 0.3 is 0 Å². The minimum atomic E-state index is 0.0983. The second-order valence-corrected chi connectivity index (χ2v) is 3.16. The molecule has 0 aliphatic carbocycles. The van der Waals surface area contributed by atoms with Crippen LogP contribution in [0.15, 0.2) is 6.20 Å². The Morgan fingerprint density at radius 2 is 2.50 bits per heavy atom. The molecule has 1 unspecified atom stereocenters. The lowest BCUT2D eigenvalue weighted by Crippen LogP contribution is -2.04. The first-order chi connectivity index (χ1) is 5.65. The Labute approximate surface area is 76.6 Å². The van der Waals surface area contributed by atoms with Gasteiger partial charge in [-0.05, 0) is 13.8 Å². The summed E-state index contributed by atoms with van der Waals surface area (Å²) in [6.45, 7) is 3.78. The average molecular weight is 184 g/mol. The zero-order valence-corrected chi connectivity index (χ0v) is 7.84. The van der Waals surface area contributed by atoms with Gasteiger partial charge in [-0.2, -0.15) is 10.4 Å². The van der Waals surface area contributed by atoms with Crippen LogP contribution in [0.2, 0.25) is 5.02 Å². The van der Waals surface area contributed by atoms with E-state index in [1.165, 1.54) is 0 Å². The Kier molecular flexibility index (Phi) is 2.72. The standard InChI is InChI=1S/C8H10ClN3/c1-6(3-4-10)12-5-8(9)7(2)11-12/h5-6H,3H2,1-2H3. The van der Waals surface area contributed by atoms with Crippen LogP contribution in [0.3, 0.4) is 0 Å². The van der Waals surface area contributed by atoms with Crippen LogP contribution in [0.5, 0.6) is 0 Å². The van der Waals surface area contributed by atoms with Crippen LogP contribution in [-0.4, -0.2) is 9.78 Å². The fraction of sp³-hybridized carbons (Fsp3) is 0.500. The summed E-state index contributed by atoms with van der Waals surface area (Å²) in [5.74, 6) is 0. The van der Waals surface area contributed by atoms with E-state index in [1.807, 2.05) is 13.8 Å². The monoisotopic (exact) mass is 183 g/mol. The molecule has 0 N–H and O–H groups in total. The van der Waals surface area contributed by atoms with Gasteiger partial charge in [0.2, 0.25) is 0 Å². The summed E-state index contributed by atoms with van der Waals surface area (Å²) in [5, 5.41) is 13.3. The SMILES string of the molecule is Cc1nn(C(C)CC#N)cc1Cl. The Bertz CT molecular complexity index is 291. The lowest BCUT2D eigenvalue weighted by atomic mass is 10.3. The van der Waals surface area contributed by atoms with Crippen LogP contribution in [0.4, 0.5) is 0 Å². The van der Waals surface area contributed by atoms with Crippen LogP contribution in [0.25, 0.3) is 0 Å². The Morgan fingerprint density at radius 3 is 2.92 bits per heavy atom. The summed E-state index contributed by atoms with van der Waals surface area (Å²) in [7, 11) is 0. The maximum absolute atomic E-state index is 8.45. The third kappa shape index (κ3) is 1.77. The molecule has 0 aliphatic rings. The van der Waals surface area contributed by atoms with E-state index in [4.69, 9.17) is 16.9 Å². The fourth-order valence-corrected chi connectivity index (χ4v) is 1.05. The van der Waals surface area contributed by atoms with Crippen molar-refractivity contribution in [2.24, 2.45) is 0 Å². The summed E-state index contributed by atoms with van der Waals surface area (Å²) in [6.07, 6.45) is 2.20. The lowest BCUT2D eigenvalue weighted by molar-refractivity contribution is 0.497. The molecule has 0 bridgehead atoms. The second-order valence-electron chi connectivity index (χ2n) is 2.75. The first-order valence-corrected chi connectivity index (χ1v) is 4.11. The molecule has 1 heterocycles. The number of nitrogens with zero attached hydrogens (tertiary/aromatic N) is 3. The van der Waals surface area contributed by atoms with Crippen molar-refractivity contribution in [2.75, 3.05) is 0 Å². The van der Waals surface area contributed by atoms with Gasteiger partial charge in [0.1, 0.15) is 0 Å². The molecule has 0 saturated heterocycles. The van der Waals surface area contributed by atoms with E-state index in [-0.39, 0.29) is 6.04 Å².